The van der Waals surface area contributed by atoms with E-state index in [1.165, 1.54) is 16.3 Å². The number of carboxylic acids is 1. The second-order valence-electron chi connectivity index (χ2n) is 16.8. The first-order valence-corrected chi connectivity index (χ1v) is 21.3. The molecule has 7 rings (SSSR count). The summed E-state index contributed by atoms with van der Waals surface area (Å²) in [5.41, 5.74) is 4.10. The number of carboxylic acid groups (broad SMARTS) is 1. The lowest BCUT2D eigenvalue weighted by Crippen LogP contribution is -2.59. The summed E-state index contributed by atoms with van der Waals surface area (Å²) >= 11 is 0. The van der Waals surface area contributed by atoms with E-state index in [0.29, 0.717) is 11.3 Å². The van der Waals surface area contributed by atoms with Crippen molar-refractivity contribution in [2.75, 3.05) is 39.5 Å². The standard InChI is InChI=1S/C39H46N4O10.C11H10/c1-38(2,3)53-36(48)40-18-21-51-26-14-12-25(13-15-26)22-32(34(45)41-23-33(44)43-39(35(46)47)16-19-50-20-17-39)42-37(49)52-24-31-29-10-6-4-8-27(29)28-9-5-7-11-30(28)31;1-9-6-7-10-4-2-3-5-11(10)8-9/h4-15,31-32H,16-24H2,1-3H3,(H,40,48)(H,41,45)(H,42,49)(H,43,44)(H,46,47);2-8H,1H3. The molecular weight excluding hydrogens is 817 g/mol. The van der Waals surface area contributed by atoms with E-state index in [9.17, 15) is 29.1 Å². The van der Waals surface area contributed by atoms with Crippen LogP contribution in [0.15, 0.2) is 115 Å². The van der Waals surface area contributed by atoms with Gasteiger partial charge in [-0.2, -0.15) is 0 Å². The van der Waals surface area contributed by atoms with Crippen LogP contribution in [0.1, 0.15) is 61.8 Å². The van der Waals surface area contributed by atoms with Crippen LogP contribution in [-0.4, -0.2) is 91.8 Å². The third-order valence-electron chi connectivity index (χ3n) is 10.8. The summed E-state index contributed by atoms with van der Waals surface area (Å²) in [6, 6.07) is 36.5. The Balaban J connectivity index is 0.000000533. The highest BCUT2D eigenvalue weighted by Crippen LogP contribution is 2.44. The molecule has 0 spiro atoms. The predicted molar refractivity (Wildman–Crippen MR) is 242 cm³/mol. The van der Waals surface area contributed by atoms with Gasteiger partial charge < -0.3 is 45.3 Å². The minimum atomic E-state index is -1.49. The molecule has 14 nitrogen and oxygen atoms in total. The van der Waals surface area contributed by atoms with Crippen LogP contribution < -0.4 is 26.0 Å². The van der Waals surface area contributed by atoms with E-state index in [-0.39, 0.29) is 58.2 Å². The molecule has 4 amide bonds. The van der Waals surface area contributed by atoms with Gasteiger partial charge >= 0.3 is 18.2 Å². The Morgan fingerprint density at radius 1 is 0.781 bits per heavy atom. The minimum absolute atomic E-state index is 0.0341. The van der Waals surface area contributed by atoms with Crippen molar-refractivity contribution in [1.82, 2.24) is 21.3 Å². The maximum Gasteiger partial charge on any atom is 0.407 e. The van der Waals surface area contributed by atoms with Crippen LogP contribution in [0, 0.1) is 6.92 Å². The smallest absolute Gasteiger partial charge is 0.407 e. The molecule has 14 heteroatoms. The molecule has 1 unspecified atom stereocenters. The number of fused-ring (bicyclic) bond motifs is 4. The number of aryl methyl sites for hydroxylation is 1. The zero-order chi connectivity index (χ0) is 45.7. The summed E-state index contributed by atoms with van der Waals surface area (Å²) in [4.78, 5) is 63.4. The van der Waals surface area contributed by atoms with E-state index < -0.39 is 53.7 Å². The van der Waals surface area contributed by atoms with Crippen molar-refractivity contribution in [2.24, 2.45) is 0 Å². The zero-order valence-corrected chi connectivity index (χ0v) is 36.6. The van der Waals surface area contributed by atoms with E-state index in [1.807, 2.05) is 48.5 Å². The number of rotatable bonds is 14. The number of carbonyl (C=O) groups excluding carboxylic acids is 4. The Morgan fingerprint density at radius 3 is 2.05 bits per heavy atom. The lowest BCUT2D eigenvalue weighted by molar-refractivity contribution is -0.152. The molecule has 1 aliphatic heterocycles. The number of amides is 4. The molecule has 5 N–H and O–H groups in total. The second-order valence-corrected chi connectivity index (χ2v) is 16.8. The van der Waals surface area contributed by atoms with E-state index in [0.717, 1.165) is 22.3 Å². The molecule has 0 radical (unpaired) electrons. The van der Waals surface area contributed by atoms with Crippen molar-refractivity contribution in [3.8, 4) is 16.9 Å². The lowest BCUT2D eigenvalue weighted by Gasteiger charge is -2.33. The molecule has 5 aromatic carbocycles. The van der Waals surface area contributed by atoms with Crippen LogP contribution in [0.25, 0.3) is 21.9 Å². The molecule has 1 heterocycles. The number of nitrogens with one attached hydrogen (secondary N) is 4. The number of aliphatic carboxylic acids is 1. The molecule has 2 aliphatic rings. The molecule has 0 aromatic heterocycles. The Bertz CT molecular complexity index is 2380. The first-order valence-electron chi connectivity index (χ1n) is 21.3. The SMILES string of the molecule is CC(C)(C)OC(=O)NCCOc1ccc(CC(NC(=O)OCC2c3ccccc3-c3ccccc32)C(=O)NCC(=O)NC2(C(=O)O)CCOCC2)cc1.Cc1ccc2ccccc2c1. The van der Waals surface area contributed by atoms with Crippen molar-refractivity contribution in [3.05, 3.63) is 138 Å². The van der Waals surface area contributed by atoms with Crippen LogP contribution in [0.3, 0.4) is 0 Å². The highest BCUT2D eigenvalue weighted by Gasteiger charge is 2.41. The van der Waals surface area contributed by atoms with Crippen molar-refractivity contribution >= 4 is 40.7 Å². The Kier molecular flexibility index (Phi) is 15.6. The molecule has 1 fully saturated rings. The van der Waals surface area contributed by atoms with Gasteiger partial charge in [-0.1, -0.05) is 109 Å². The summed E-state index contributed by atoms with van der Waals surface area (Å²) in [6.45, 7) is 7.72. The monoisotopic (exact) mass is 872 g/mol. The Labute approximate surface area is 373 Å². The van der Waals surface area contributed by atoms with Gasteiger partial charge in [-0.25, -0.2) is 14.4 Å². The number of hydrogen-bond donors (Lipinski definition) is 5. The van der Waals surface area contributed by atoms with Gasteiger partial charge in [0.2, 0.25) is 11.8 Å². The zero-order valence-electron chi connectivity index (χ0n) is 36.6. The van der Waals surface area contributed by atoms with Crippen molar-refractivity contribution in [3.63, 3.8) is 0 Å². The topological polar surface area (TPSA) is 191 Å². The fraction of sp³-hybridized carbons (Fsp3) is 0.340. The van der Waals surface area contributed by atoms with Gasteiger partial charge in [-0.15, -0.1) is 0 Å². The van der Waals surface area contributed by atoms with E-state index in [2.05, 4.69) is 70.7 Å². The summed E-state index contributed by atoms with van der Waals surface area (Å²) in [6.07, 6.45) is -1.15. The van der Waals surface area contributed by atoms with Gasteiger partial charge in [-0.05, 0) is 78.4 Å². The average molecular weight is 873 g/mol. The molecule has 64 heavy (non-hydrogen) atoms. The molecule has 0 saturated carbocycles. The number of benzene rings is 5. The maximum absolute atomic E-state index is 13.5. The average Bonchev–Trinajstić information content (AvgIpc) is 3.59. The highest BCUT2D eigenvalue weighted by atomic mass is 16.6. The van der Waals surface area contributed by atoms with Crippen LogP contribution in [0.2, 0.25) is 0 Å². The van der Waals surface area contributed by atoms with E-state index in [4.69, 9.17) is 18.9 Å². The van der Waals surface area contributed by atoms with Gasteiger partial charge in [0.05, 0.1) is 13.1 Å². The minimum Gasteiger partial charge on any atom is -0.492 e. The largest absolute Gasteiger partial charge is 0.492 e. The fourth-order valence-electron chi connectivity index (χ4n) is 7.61. The molecule has 1 saturated heterocycles. The van der Waals surface area contributed by atoms with Crippen LogP contribution >= 0.6 is 0 Å². The van der Waals surface area contributed by atoms with Gasteiger partial charge in [0.25, 0.3) is 0 Å². The molecule has 5 aromatic rings. The van der Waals surface area contributed by atoms with Gasteiger partial charge in [-0.3, -0.25) is 9.59 Å². The third kappa shape index (κ3) is 12.8. The maximum atomic E-state index is 13.5. The number of carbonyl (C=O) groups is 5. The number of alkyl carbamates (subject to hydrolysis) is 2. The summed E-state index contributed by atoms with van der Waals surface area (Å²) in [5.74, 6) is -2.21. The fourth-order valence-corrected chi connectivity index (χ4v) is 7.61. The Hall–Kier alpha value is -6.93. The molecule has 1 atom stereocenters. The first-order chi connectivity index (χ1) is 30.7. The van der Waals surface area contributed by atoms with Crippen molar-refractivity contribution in [1.29, 1.82) is 0 Å². The Morgan fingerprint density at radius 2 is 1.41 bits per heavy atom. The van der Waals surface area contributed by atoms with E-state index >= 15 is 0 Å². The molecule has 1 aliphatic carbocycles. The number of hydrogen-bond acceptors (Lipinski definition) is 9. The number of ether oxygens (including phenoxy) is 4. The van der Waals surface area contributed by atoms with Gasteiger partial charge in [0.1, 0.15) is 36.1 Å². The van der Waals surface area contributed by atoms with Crippen LogP contribution in [-0.2, 0) is 35.0 Å². The van der Waals surface area contributed by atoms with Gasteiger partial charge in [0.15, 0.2) is 0 Å². The quantitative estimate of drug-likeness (QED) is 0.0723. The van der Waals surface area contributed by atoms with Crippen molar-refractivity contribution in [2.45, 2.75) is 70.1 Å². The summed E-state index contributed by atoms with van der Waals surface area (Å²) in [7, 11) is 0. The van der Waals surface area contributed by atoms with Crippen LogP contribution in [0.4, 0.5) is 9.59 Å². The third-order valence-corrected chi connectivity index (χ3v) is 10.8. The normalized spacial score (nSPS) is 14.3. The molecule has 336 valence electrons. The molecular formula is C50H56N4O10. The van der Waals surface area contributed by atoms with Crippen molar-refractivity contribution < 1.29 is 48.0 Å². The summed E-state index contributed by atoms with van der Waals surface area (Å²) < 4.78 is 21.9. The van der Waals surface area contributed by atoms with Gasteiger partial charge in [0, 0.05) is 38.4 Å². The second kappa shape index (κ2) is 21.4. The first kappa shape index (κ1) is 46.6. The molecule has 0 bridgehead atoms. The predicted octanol–water partition coefficient (Wildman–Crippen LogP) is 7.05. The highest BCUT2D eigenvalue weighted by molar-refractivity contribution is 5.92. The summed E-state index contributed by atoms with van der Waals surface area (Å²) in [5, 5.41) is 22.8. The lowest BCUT2D eigenvalue weighted by atomic mass is 9.90. The van der Waals surface area contributed by atoms with E-state index in [1.54, 1.807) is 45.0 Å². The van der Waals surface area contributed by atoms with Crippen LogP contribution in [0.5, 0.6) is 5.75 Å².